The van der Waals surface area contributed by atoms with Gasteiger partial charge in [-0.05, 0) is 29.5 Å². The molecule has 0 saturated heterocycles. The van der Waals surface area contributed by atoms with E-state index in [-0.39, 0.29) is 42.7 Å². The molecule has 1 rings (SSSR count). The number of hydrogen-bond donors (Lipinski definition) is 4. The molecule has 1 unspecified atom stereocenters. The summed E-state index contributed by atoms with van der Waals surface area (Å²) in [5.41, 5.74) is 1.32. The zero-order valence-electron chi connectivity index (χ0n) is 15.8. The number of carbonyl (C=O) groups excluding carboxylic acids is 3. The highest BCUT2D eigenvalue weighted by Gasteiger charge is 2.24. The van der Waals surface area contributed by atoms with Crippen LogP contribution in [0.15, 0.2) is 24.3 Å². The van der Waals surface area contributed by atoms with E-state index in [0.717, 1.165) is 5.56 Å². The second-order valence-electron chi connectivity index (χ2n) is 7.01. The maximum absolute atomic E-state index is 12.3. The van der Waals surface area contributed by atoms with Crippen molar-refractivity contribution in [3.8, 4) is 0 Å². The maximum atomic E-state index is 12.3. The van der Waals surface area contributed by atoms with E-state index in [1.807, 2.05) is 27.7 Å². The lowest BCUT2D eigenvalue weighted by Gasteiger charge is -2.22. The predicted octanol–water partition coefficient (Wildman–Crippen LogP) is 1.42. The summed E-state index contributed by atoms with van der Waals surface area (Å²) in [7, 11) is 0. The zero-order valence-corrected chi connectivity index (χ0v) is 15.8. The van der Waals surface area contributed by atoms with E-state index in [9.17, 15) is 14.4 Å². The normalized spacial score (nSPS) is 12.0. The van der Waals surface area contributed by atoms with Crippen LogP contribution in [-0.4, -0.2) is 35.4 Å². The van der Waals surface area contributed by atoms with Gasteiger partial charge in [0.2, 0.25) is 17.7 Å². The molecule has 0 fully saturated rings. The summed E-state index contributed by atoms with van der Waals surface area (Å²) in [6.07, 6.45) is 0.348. The number of rotatable bonds is 9. The third kappa shape index (κ3) is 7.65. The van der Waals surface area contributed by atoms with Gasteiger partial charge < -0.3 is 21.1 Å². The highest BCUT2D eigenvalue weighted by molar-refractivity contribution is 5.96. The van der Waals surface area contributed by atoms with Crippen LogP contribution in [0.5, 0.6) is 0 Å². The average molecular weight is 363 g/mol. The smallest absolute Gasteiger partial charge is 0.243 e. The van der Waals surface area contributed by atoms with Crippen molar-refractivity contribution in [1.29, 1.82) is 0 Å². The molecule has 0 spiro atoms. The molecule has 0 saturated carbocycles. The molecule has 0 aliphatic rings. The molecular weight excluding hydrogens is 334 g/mol. The van der Waals surface area contributed by atoms with Crippen molar-refractivity contribution in [2.45, 2.75) is 46.8 Å². The molecule has 0 bridgehead atoms. The number of hydrogen-bond acceptors (Lipinski definition) is 4. The Bertz CT molecular complexity index is 612. The van der Waals surface area contributed by atoms with Gasteiger partial charge in [0.25, 0.3) is 0 Å². The summed E-state index contributed by atoms with van der Waals surface area (Å²) in [5.74, 6) is -0.828. The van der Waals surface area contributed by atoms with E-state index in [0.29, 0.717) is 12.1 Å². The largest absolute Gasteiger partial charge is 0.392 e. The number of carbonyl (C=O) groups is 3. The molecule has 26 heavy (non-hydrogen) atoms. The highest BCUT2D eigenvalue weighted by atomic mass is 16.3. The summed E-state index contributed by atoms with van der Waals surface area (Å²) >= 11 is 0. The van der Waals surface area contributed by atoms with Gasteiger partial charge in [0.15, 0.2) is 0 Å². The van der Waals surface area contributed by atoms with Gasteiger partial charge in [0.05, 0.1) is 13.2 Å². The fourth-order valence-corrected chi connectivity index (χ4v) is 2.31. The van der Waals surface area contributed by atoms with Crippen LogP contribution in [0.3, 0.4) is 0 Å². The lowest BCUT2D eigenvalue weighted by molar-refractivity contribution is -0.131. The standard InChI is InChI=1S/C19H29N3O4/c1-12(2)9-16(24)22-18(13(3)4)19(26)20-10-17(25)21-15-7-5-14(11-23)6-8-15/h5-8,12-13,18,23H,9-11H2,1-4H3,(H,20,26)(H,21,25)(H,22,24). The minimum atomic E-state index is -0.683. The molecule has 1 aromatic rings. The first-order valence-corrected chi connectivity index (χ1v) is 8.79. The van der Waals surface area contributed by atoms with Gasteiger partial charge in [-0.15, -0.1) is 0 Å². The first-order valence-electron chi connectivity index (χ1n) is 8.79. The Hall–Kier alpha value is -2.41. The molecule has 4 N–H and O–H groups in total. The monoisotopic (exact) mass is 363 g/mol. The van der Waals surface area contributed by atoms with Crippen LogP contribution < -0.4 is 16.0 Å². The number of nitrogens with one attached hydrogen (secondary N) is 3. The Morgan fingerprint density at radius 2 is 1.62 bits per heavy atom. The van der Waals surface area contributed by atoms with Crippen molar-refractivity contribution in [3.63, 3.8) is 0 Å². The highest BCUT2D eigenvalue weighted by Crippen LogP contribution is 2.09. The Morgan fingerprint density at radius 1 is 1.00 bits per heavy atom. The molecule has 7 heteroatoms. The van der Waals surface area contributed by atoms with E-state index in [4.69, 9.17) is 5.11 Å². The summed E-state index contributed by atoms with van der Waals surface area (Å²) in [6, 6.07) is 6.07. The quantitative estimate of drug-likeness (QED) is 0.532. The van der Waals surface area contributed by atoms with E-state index in [1.54, 1.807) is 24.3 Å². The van der Waals surface area contributed by atoms with Crippen molar-refractivity contribution >= 4 is 23.4 Å². The van der Waals surface area contributed by atoms with Gasteiger partial charge in [-0.3, -0.25) is 14.4 Å². The minimum absolute atomic E-state index is 0.0661. The molecule has 1 atom stereocenters. The Labute approximate surface area is 154 Å². The second-order valence-corrected chi connectivity index (χ2v) is 7.01. The van der Waals surface area contributed by atoms with Crippen molar-refractivity contribution in [2.75, 3.05) is 11.9 Å². The fraction of sp³-hybridized carbons (Fsp3) is 0.526. The second kappa shape index (κ2) is 10.6. The third-order valence-electron chi connectivity index (χ3n) is 3.70. The zero-order chi connectivity index (χ0) is 19.7. The molecule has 3 amide bonds. The summed E-state index contributed by atoms with van der Waals surface area (Å²) < 4.78 is 0. The first-order chi connectivity index (χ1) is 12.2. The number of aliphatic hydroxyl groups is 1. The average Bonchev–Trinajstić information content (AvgIpc) is 2.57. The molecule has 1 aromatic carbocycles. The van der Waals surface area contributed by atoms with Crippen molar-refractivity contribution < 1.29 is 19.5 Å². The van der Waals surface area contributed by atoms with Gasteiger partial charge in [0.1, 0.15) is 6.04 Å². The minimum Gasteiger partial charge on any atom is -0.392 e. The number of benzene rings is 1. The molecule has 0 aliphatic carbocycles. The van der Waals surface area contributed by atoms with Crippen LogP contribution >= 0.6 is 0 Å². The number of anilines is 1. The first kappa shape index (κ1) is 21.6. The van der Waals surface area contributed by atoms with Crippen molar-refractivity contribution in [2.24, 2.45) is 11.8 Å². The van der Waals surface area contributed by atoms with Crippen LogP contribution in [0.25, 0.3) is 0 Å². The van der Waals surface area contributed by atoms with Gasteiger partial charge in [-0.1, -0.05) is 39.8 Å². The van der Waals surface area contributed by atoms with Gasteiger partial charge in [0, 0.05) is 12.1 Å². The van der Waals surface area contributed by atoms with Gasteiger partial charge >= 0.3 is 0 Å². The third-order valence-corrected chi connectivity index (χ3v) is 3.70. The molecular formula is C19H29N3O4. The maximum Gasteiger partial charge on any atom is 0.243 e. The number of amides is 3. The van der Waals surface area contributed by atoms with Crippen LogP contribution in [0, 0.1) is 11.8 Å². The lowest BCUT2D eigenvalue weighted by atomic mass is 10.0. The van der Waals surface area contributed by atoms with Crippen molar-refractivity contribution in [1.82, 2.24) is 10.6 Å². The molecule has 144 valence electrons. The van der Waals surface area contributed by atoms with Crippen molar-refractivity contribution in [3.05, 3.63) is 29.8 Å². The lowest BCUT2D eigenvalue weighted by Crippen LogP contribution is -2.51. The molecule has 0 aromatic heterocycles. The van der Waals surface area contributed by atoms with E-state index in [2.05, 4.69) is 16.0 Å². The molecule has 0 radical (unpaired) electrons. The Kier molecular flexibility index (Phi) is 8.78. The topological polar surface area (TPSA) is 108 Å². The van der Waals surface area contributed by atoms with Crippen LogP contribution in [0.2, 0.25) is 0 Å². The van der Waals surface area contributed by atoms with E-state index >= 15 is 0 Å². The van der Waals surface area contributed by atoms with Gasteiger partial charge in [-0.25, -0.2) is 0 Å². The van der Waals surface area contributed by atoms with E-state index in [1.165, 1.54) is 0 Å². The summed E-state index contributed by atoms with van der Waals surface area (Å²) in [4.78, 5) is 36.2. The Morgan fingerprint density at radius 3 is 2.12 bits per heavy atom. The SMILES string of the molecule is CC(C)CC(=O)NC(C(=O)NCC(=O)Nc1ccc(CO)cc1)C(C)C. The summed E-state index contributed by atoms with van der Waals surface area (Å²) in [5, 5.41) is 16.9. The Balaban J connectivity index is 2.52. The van der Waals surface area contributed by atoms with Crippen LogP contribution in [0.4, 0.5) is 5.69 Å². The predicted molar refractivity (Wildman–Crippen MR) is 100 cm³/mol. The molecule has 7 nitrogen and oxygen atoms in total. The fourth-order valence-electron chi connectivity index (χ4n) is 2.31. The molecule has 0 heterocycles. The van der Waals surface area contributed by atoms with Gasteiger partial charge in [-0.2, -0.15) is 0 Å². The summed E-state index contributed by atoms with van der Waals surface area (Å²) in [6.45, 7) is 7.28. The number of aliphatic hydroxyl groups excluding tert-OH is 1. The van der Waals surface area contributed by atoms with Crippen LogP contribution in [0.1, 0.15) is 39.7 Å². The molecule has 0 aliphatic heterocycles. The van der Waals surface area contributed by atoms with Crippen LogP contribution in [-0.2, 0) is 21.0 Å². The van der Waals surface area contributed by atoms with E-state index < -0.39 is 6.04 Å².